The number of hydrogen-bond acceptors (Lipinski definition) is 3. The van der Waals surface area contributed by atoms with Crippen molar-refractivity contribution >= 4 is 11.8 Å². The zero-order chi connectivity index (χ0) is 16.3. The first-order valence-corrected chi connectivity index (χ1v) is 7.49. The molecule has 0 amide bonds. The summed E-state index contributed by atoms with van der Waals surface area (Å²) >= 11 is 0. The SMILES string of the molecule is CC(C)CCN.CCCCC(=O)c1ccccc1C(=O)O. The molecule has 21 heavy (non-hydrogen) atoms. The van der Waals surface area contributed by atoms with Crippen LogP contribution in [0.5, 0.6) is 0 Å². The second-order valence-electron chi connectivity index (χ2n) is 5.35. The Labute approximate surface area is 127 Å². The van der Waals surface area contributed by atoms with Gasteiger partial charge >= 0.3 is 5.97 Å². The van der Waals surface area contributed by atoms with Crippen LogP contribution in [0.2, 0.25) is 0 Å². The van der Waals surface area contributed by atoms with E-state index >= 15 is 0 Å². The molecule has 4 nitrogen and oxygen atoms in total. The van der Waals surface area contributed by atoms with Crippen molar-refractivity contribution in [2.45, 2.75) is 46.5 Å². The zero-order valence-corrected chi connectivity index (χ0v) is 13.3. The lowest BCUT2D eigenvalue weighted by molar-refractivity contribution is 0.0691. The molecule has 0 radical (unpaired) electrons. The molecule has 0 aromatic heterocycles. The summed E-state index contributed by atoms with van der Waals surface area (Å²) in [5.41, 5.74) is 5.64. The summed E-state index contributed by atoms with van der Waals surface area (Å²) in [6.45, 7) is 7.17. The quantitative estimate of drug-likeness (QED) is 0.750. The molecule has 0 saturated carbocycles. The van der Waals surface area contributed by atoms with Crippen LogP contribution in [0.3, 0.4) is 0 Å². The number of rotatable bonds is 7. The van der Waals surface area contributed by atoms with Crippen molar-refractivity contribution in [3.63, 3.8) is 0 Å². The summed E-state index contributed by atoms with van der Waals surface area (Å²) < 4.78 is 0. The van der Waals surface area contributed by atoms with Crippen LogP contribution in [0.25, 0.3) is 0 Å². The van der Waals surface area contributed by atoms with Gasteiger partial charge in [0.15, 0.2) is 5.78 Å². The van der Waals surface area contributed by atoms with Crippen molar-refractivity contribution < 1.29 is 14.7 Å². The third-order valence-corrected chi connectivity index (χ3v) is 2.96. The Morgan fingerprint density at radius 1 is 1.19 bits per heavy atom. The van der Waals surface area contributed by atoms with E-state index in [9.17, 15) is 9.59 Å². The number of carboxylic acid groups (broad SMARTS) is 1. The first-order chi connectivity index (χ1) is 9.93. The minimum Gasteiger partial charge on any atom is -0.478 e. The van der Waals surface area contributed by atoms with Gasteiger partial charge in [-0.15, -0.1) is 0 Å². The van der Waals surface area contributed by atoms with E-state index in [0.29, 0.717) is 12.0 Å². The van der Waals surface area contributed by atoms with Gasteiger partial charge in [-0.3, -0.25) is 4.79 Å². The molecule has 0 aliphatic heterocycles. The molecule has 0 fully saturated rings. The molecular formula is C17H27NO3. The van der Waals surface area contributed by atoms with E-state index in [1.165, 1.54) is 6.07 Å². The van der Waals surface area contributed by atoms with Gasteiger partial charge in [-0.25, -0.2) is 4.79 Å². The molecule has 0 unspecified atom stereocenters. The van der Waals surface area contributed by atoms with Gasteiger partial charge in [0.25, 0.3) is 0 Å². The fraction of sp³-hybridized carbons (Fsp3) is 0.529. The van der Waals surface area contributed by atoms with Gasteiger partial charge < -0.3 is 10.8 Å². The predicted octanol–water partition coefficient (Wildman–Crippen LogP) is 3.75. The Morgan fingerprint density at radius 3 is 2.14 bits per heavy atom. The molecule has 1 aromatic rings. The summed E-state index contributed by atoms with van der Waals surface area (Å²) in [5.74, 6) is -0.361. The number of ketones is 1. The maximum atomic E-state index is 11.7. The lowest BCUT2D eigenvalue weighted by Crippen LogP contribution is -2.08. The van der Waals surface area contributed by atoms with E-state index in [0.717, 1.165) is 31.7 Å². The van der Waals surface area contributed by atoms with Gasteiger partial charge in [0.2, 0.25) is 0 Å². The van der Waals surface area contributed by atoms with Gasteiger partial charge in [0, 0.05) is 12.0 Å². The Morgan fingerprint density at radius 2 is 1.76 bits per heavy atom. The second kappa shape index (κ2) is 11.0. The Bertz CT molecular complexity index is 441. The van der Waals surface area contributed by atoms with Crippen LogP contribution in [0.1, 0.15) is 67.2 Å². The summed E-state index contributed by atoms with van der Waals surface area (Å²) in [5, 5.41) is 8.89. The van der Waals surface area contributed by atoms with E-state index < -0.39 is 5.97 Å². The van der Waals surface area contributed by atoms with Crippen molar-refractivity contribution in [2.75, 3.05) is 6.54 Å². The molecule has 0 aliphatic carbocycles. The van der Waals surface area contributed by atoms with Gasteiger partial charge in [-0.1, -0.05) is 45.4 Å². The number of carbonyl (C=O) groups excluding carboxylic acids is 1. The third-order valence-electron chi connectivity index (χ3n) is 2.96. The molecule has 0 bridgehead atoms. The smallest absolute Gasteiger partial charge is 0.336 e. The monoisotopic (exact) mass is 293 g/mol. The first-order valence-electron chi connectivity index (χ1n) is 7.49. The van der Waals surface area contributed by atoms with Crippen molar-refractivity contribution in [3.05, 3.63) is 35.4 Å². The van der Waals surface area contributed by atoms with Gasteiger partial charge in [-0.2, -0.15) is 0 Å². The third kappa shape index (κ3) is 8.25. The van der Waals surface area contributed by atoms with Crippen LogP contribution < -0.4 is 5.73 Å². The van der Waals surface area contributed by atoms with Crippen LogP contribution in [-0.4, -0.2) is 23.4 Å². The van der Waals surface area contributed by atoms with Gasteiger partial charge in [-0.05, 0) is 31.4 Å². The molecule has 0 heterocycles. The minimum absolute atomic E-state index is 0.0881. The highest BCUT2D eigenvalue weighted by molar-refractivity contribution is 6.05. The van der Waals surface area contributed by atoms with Crippen LogP contribution in [0.4, 0.5) is 0 Å². The summed E-state index contributed by atoms with van der Waals surface area (Å²) in [6, 6.07) is 6.34. The number of carbonyl (C=O) groups is 2. The molecule has 0 spiro atoms. The van der Waals surface area contributed by atoms with Gasteiger partial charge in [0.05, 0.1) is 5.56 Å². The molecule has 1 aromatic carbocycles. The highest BCUT2D eigenvalue weighted by Gasteiger charge is 2.14. The number of Topliss-reactive ketones (excluding diaryl/α,β-unsaturated/α-hetero) is 1. The standard InChI is InChI=1S/C12H14O3.C5H13N/c1-2-3-8-11(13)9-6-4-5-7-10(9)12(14)15;1-5(2)3-4-6/h4-7H,2-3,8H2,1H3,(H,14,15);5H,3-4,6H2,1-2H3. The molecule has 0 saturated heterocycles. The molecule has 0 aliphatic rings. The molecule has 0 atom stereocenters. The largest absolute Gasteiger partial charge is 0.478 e. The summed E-state index contributed by atoms with van der Waals surface area (Å²) in [7, 11) is 0. The highest BCUT2D eigenvalue weighted by Crippen LogP contribution is 2.12. The molecule has 1 rings (SSSR count). The van der Waals surface area contributed by atoms with E-state index in [1.807, 2.05) is 6.92 Å². The molecular weight excluding hydrogens is 266 g/mol. The van der Waals surface area contributed by atoms with Crippen molar-refractivity contribution in [1.82, 2.24) is 0 Å². The van der Waals surface area contributed by atoms with Gasteiger partial charge in [0.1, 0.15) is 0 Å². The number of carboxylic acids is 1. The van der Waals surface area contributed by atoms with E-state index in [-0.39, 0.29) is 11.3 Å². The van der Waals surface area contributed by atoms with Crippen LogP contribution in [0.15, 0.2) is 24.3 Å². The van der Waals surface area contributed by atoms with Crippen LogP contribution in [-0.2, 0) is 0 Å². The highest BCUT2D eigenvalue weighted by atomic mass is 16.4. The van der Waals surface area contributed by atoms with Crippen LogP contribution >= 0.6 is 0 Å². The zero-order valence-electron chi connectivity index (χ0n) is 13.3. The Kier molecular flexibility index (Phi) is 10.1. The summed E-state index contributed by atoms with van der Waals surface area (Å²) in [6.07, 6.45) is 3.30. The number of unbranched alkanes of at least 4 members (excludes halogenated alkanes) is 1. The topological polar surface area (TPSA) is 80.4 Å². The number of hydrogen-bond donors (Lipinski definition) is 2. The van der Waals surface area contributed by atoms with E-state index in [2.05, 4.69) is 13.8 Å². The average molecular weight is 293 g/mol. The Balaban J connectivity index is 0.000000567. The maximum Gasteiger partial charge on any atom is 0.336 e. The van der Waals surface area contributed by atoms with E-state index in [4.69, 9.17) is 10.8 Å². The normalized spacial score (nSPS) is 9.95. The van der Waals surface area contributed by atoms with E-state index in [1.54, 1.807) is 18.2 Å². The van der Waals surface area contributed by atoms with Crippen molar-refractivity contribution in [2.24, 2.45) is 11.7 Å². The molecule has 3 N–H and O–H groups in total. The molecule has 4 heteroatoms. The lowest BCUT2D eigenvalue weighted by Gasteiger charge is -2.03. The fourth-order valence-electron chi connectivity index (χ4n) is 1.72. The fourth-order valence-corrected chi connectivity index (χ4v) is 1.72. The lowest BCUT2D eigenvalue weighted by atomic mass is 10.0. The first kappa shape index (κ1) is 19.3. The maximum absolute atomic E-state index is 11.7. The van der Waals surface area contributed by atoms with Crippen molar-refractivity contribution in [3.8, 4) is 0 Å². The number of nitrogens with two attached hydrogens (primary N) is 1. The molecule has 118 valence electrons. The number of aromatic carboxylic acids is 1. The predicted molar refractivity (Wildman–Crippen MR) is 85.8 cm³/mol. The Hall–Kier alpha value is -1.68. The van der Waals surface area contributed by atoms with Crippen LogP contribution in [0, 0.1) is 5.92 Å². The average Bonchev–Trinajstić information content (AvgIpc) is 2.45. The minimum atomic E-state index is -1.05. The number of benzene rings is 1. The summed E-state index contributed by atoms with van der Waals surface area (Å²) in [4.78, 5) is 22.5. The second-order valence-corrected chi connectivity index (χ2v) is 5.35. The van der Waals surface area contributed by atoms with Crippen molar-refractivity contribution in [1.29, 1.82) is 0 Å².